The van der Waals surface area contributed by atoms with Crippen LogP contribution in [0.15, 0.2) is 41.3 Å². The van der Waals surface area contributed by atoms with Crippen molar-refractivity contribution in [3.63, 3.8) is 0 Å². The Labute approximate surface area is 170 Å². The molecule has 0 radical (unpaired) electrons. The first kappa shape index (κ1) is 21.6. The maximum Gasteiger partial charge on any atom is 0.249 e. The largest absolute Gasteiger partial charge is 0.324 e. The summed E-state index contributed by atoms with van der Waals surface area (Å²) in [5, 5.41) is 2.61. The summed E-state index contributed by atoms with van der Waals surface area (Å²) in [6.45, 7) is 0.288. The van der Waals surface area contributed by atoms with Crippen molar-refractivity contribution in [1.82, 2.24) is 9.21 Å². The molecular weight excluding hydrogens is 431 g/mol. The van der Waals surface area contributed by atoms with Gasteiger partial charge in [0.05, 0.1) is 17.3 Å². The summed E-state index contributed by atoms with van der Waals surface area (Å²) >= 11 is 5.87. The van der Waals surface area contributed by atoms with Gasteiger partial charge in [0.25, 0.3) is 0 Å². The summed E-state index contributed by atoms with van der Waals surface area (Å²) in [7, 11) is -4.33. The van der Waals surface area contributed by atoms with E-state index in [1.54, 1.807) is 4.90 Å². The molecule has 2 aromatic rings. The van der Waals surface area contributed by atoms with Crippen LogP contribution < -0.4 is 5.32 Å². The second-order valence-electron chi connectivity index (χ2n) is 6.40. The molecule has 1 saturated heterocycles. The third-order valence-electron chi connectivity index (χ3n) is 4.42. The van der Waals surface area contributed by atoms with Crippen molar-refractivity contribution in [2.45, 2.75) is 4.90 Å². The number of anilines is 1. The number of nitrogens with one attached hydrogen (secondary N) is 1. The van der Waals surface area contributed by atoms with Crippen LogP contribution in [0.25, 0.3) is 0 Å². The van der Waals surface area contributed by atoms with Crippen LogP contribution in [0.3, 0.4) is 0 Å². The van der Waals surface area contributed by atoms with E-state index >= 15 is 0 Å². The van der Waals surface area contributed by atoms with Crippen LogP contribution in [0, 0.1) is 17.5 Å². The molecular formula is C18H17ClF3N3O3S. The fraction of sp³-hybridized carbons (Fsp3) is 0.278. The van der Waals surface area contributed by atoms with Crippen LogP contribution in [0.1, 0.15) is 0 Å². The molecule has 3 rings (SSSR count). The number of carbonyl (C=O) groups excluding carboxylic acids is 1. The average molecular weight is 448 g/mol. The second kappa shape index (κ2) is 8.70. The van der Waals surface area contributed by atoms with Crippen LogP contribution in [0.4, 0.5) is 18.9 Å². The van der Waals surface area contributed by atoms with E-state index in [0.29, 0.717) is 0 Å². The van der Waals surface area contributed by atoms with E-state index in [0.717, 1.165) is 34.6 Å². The minimum absolute atomic E-state index is 0.0271. The van der Waals surface area contributed by atoms with Crippen molar-refractivity contribution in [3.05, 3.63) is 58.9 Å². The van der Waals surface area contributed by atoms with Gasteiger partial charge in [0.1, 0.15) is 17.5 Å². The highest BCUT2D eigenvalue weighted by Crippen LogP contribution is 2.24. The molecule has 1 amide bonds. The van der Waals surface area contributed by atoms with E-state index in [2.05, 4.69) is 5.32 Å². The van der Waals surface area contributed by atoms with Crippen molar-refractivity contribution in [1.29, 1.82) is 0 Å². The van der Waals surface area contributed by atoms with Crippen LogP contribution in [-0.4, -0.2) is 56.3 Å². The molecule has 6 nitrogen and oxygen atoms in total. The fourth-order valence-electron chi connectivity index (χ4n) is 2.97. The third kappa shape index (κ3) is 4.89. The number of nitrogens with zero attached hydrogens (tertiary/aromatic N) is 2. The predicted octanol–water partition coefficient (Wildman–Crippen LogP) is 2.70. The maximum absolute atomic E-state index is 13.9. The van der Waals surface area contributed by atoms with Gasteiger partial charge < -0.3 is 5.32 Å². The lowest BCUT2D eigenvalue weighted by Gasteiger charge is -2.33. The summed E-state index contributed by atoms with van der Waals surface area (Å²) in [6, 6.07) is 6.43. The van der Waals surface area contributed by atoms with Gasteiger partial charge in [-0.25, -0.2) is 21.6 Å². The van der Waals surface area contributed by atoms with Crippen molar-refractivity contribution in [3.8, 4) is 0 Å². The molecule has 156 valence electrons. The molecule has 11 heteroatoms. The summed E-state index contributed by atoms with van der Waals surface area (Å²) in [6.07, 6.45) is 0. The van der Waals surface area contributed by atoms with E-state index < -0.39 is 38.3 Å². The Morgan fingerprint density at radius 1 is 1.03 bits per heavy atom. The van der Waals surface area contributed by atoms with Gasteiger partial charge in [-0.15, -0.1) is 0 Å². The highest BCUT2D eigenvalue weighted by atomic mass is 35.5. The summed E-state index contributed by atoms with van der Waals surface area (Å²) < 4.78 is 66.9. The van der Waals surface area contributed by atoms with Crippen LogP contribution >= 0.6 is 11.6 Å². The molecule has 1 aliphatic rings. The predicted molar refractivity (Wildman–Crippen MR) is 102 cm³/mol. The lowest BCUT2D eigenvalue weighted by Crippen LogP contribution is -2.50. The zero-order chi connectivity index (χ0) is 21.2. The molecule has 1 N–H and O–H groups in total. The zero-order valence-electron chi connectivity index (χ0n) is 15.0. The van der Waals surface area contributed by atoms with Crippen molar-refractivity contribution < 1.29 is 26.4 Å². The Kier molecular flexibility index (Phi) is 6.47. The SMILES string of the molecule is O=C(CN1CCN(S(=O)(=O)c2c(F)cccc2F)CC1)Nc1ccc(F)cc1Cl. The van der Waals surface area contributed by atoms with E-state index in [4.69, 9.17) is 11.6 Å². The Morgan fingerprint density at radius 3 is 2.24 bits per heavy atom. The van der Waals surface area contributed by atoms with Gasteiger partial charge in [-0.05, 0) is 30.3 Å². The van der Waals surface area contributed by atoms with Gasteiger partial charge >= 0.3 is 0 Å². The molecule has 0 aromatic heterocycles. The van der Waals surface area contributed by atoms with Gasteiger partial charge in [0.2, 0.25) is 15.9 Å². The molecule has 0 bridgehead atoms. The molecule has 1 aliphatic heterocycles. The van der Waals surface area contributed by atoms with Crippen molar-refractivity contribution in [2.75, 3.05) is 38.0 Å². The fourth-order valence-corrected chi connectivity index (χ4v) is 4.72. The lowest BCUT2D eigenvalue weighted by atomic mass is 10.3. The van der Waals surface area contributed by atoms with Gasteiger partial charge in [0.15, 0.2) is 4.90 Å². The molecule has 1 heterocycles. The first-order valence-corrected chi connectivity index (χ1v) is 10.4. The Bertz CT molecular complexity index is 1010. The van der Waals surface area contributed by atoms with Gasteiger partial charge in [-0.1, -0.05) is 17.7 Å². The average Bonchev–Trinajstić information content (AvgIpc) is 2.64. The number of piperazine rings is 1. The normalized spacial score (nSPS) is 16.0. The summed E-state index contributed by atoms with van der Waals surface area (Å²) in [5.74, 6) is -3.24. The maximum atomic E-state index is 13.9. The number of hydrogen-bond acceptors (Lipinski definition) is 4. The van der Waals surface area contributed by atoms with Crippen LogP contribution in [0.2, 0.25) is 5.02 Å². The molecule has 29 heavy (non-hydrogen) atoms. The Balaban J connectivity index is 1.59. The smallest absolute Gasteiger partial charge is 0.249 e. The van der Waals surface area contributed by atoms with E-state index in [1.807, 2.05) is 0 Å². The second-order valence-corrected chi connectivity index (χ2v) is 8.69. The van der Waals surface area contributed by atoms with Crippen LogP contribution in [0.5, 0.6) is 0 Å². The number of benzene rings is 2. The molecule has 0 aliphatic carbocycles. The molecule has 0 saturated carbocycles. The monoisotopic (exact) mass is 447 g/mol. The number of rotatable bonds is 5. The summed E-state index contributed by atoms with van der Waals surface area (Å²) in [4.78, 5) is 12.9. The molecule has 2 aromatic carbocycles. The lowest BCUT2D eigenvalue weighted by molar-refractivity contribution is -0.117. The van der Waals surface area contributed by atoms with Crippen molar-refractivity contribution >= 4 is 33.2 Å². The summed E-state index contributed by atoms with van der Waals surface area (Å²) in [5.41, 5.74) is 0.259. The minimum Gasteiger partial charge on any atom is -0.324 e. The first-order valence-electron chi connectivity index (χ1n) is 8.60. The topological polar surface area (TPSA) is 69.7 Å². The molecule has 0 atom stereocenters. The van der Waals surface area contributed by atoms with E-state index in [9.17, 15) is 26.4 Å². The third-order valence-corrected chi connectivity index (χ3v) is 6.68. The minimum atomic E-state index is -4.33. The van der Waals surface area contributed by atoms with E-state index in [-0.39, 0.29) is 43.4 Å². The number of sulfonamides is 1. The number of amides is 1. The first-order chi connectivity index (χ1) is 13.7. The van der Waals surface area contributed by atoms with Crippen molar-refractivity contribution in [2.24, 2.45) is 0 Å². The highest BCUT2D eigenvalue weighted by Gasteiger charge is 2.33. The number of hydrogen-bond donors (Lipinski definition) is 1. The molecule has 0 spiro atoms. The molecule has 1 fully saturated rings. The number of halogens is 4. The Morgan fingerprint density at radius 2 is 1.66 bits per heavy atom. The quantitative estimate of drug-likeness (QED) is 0.765. The van der Waals surface area contributed by atoms with Gasteiger partial charge in [-0.2, -0.15) is 4.31 Å². The van der Waals surface area contributed by atoms with Gasteiger partial charge in [-0.3, -0.25) is 9.69 Å². The van der Waals surface area contributed by atoms with E-state index in [1.165, 1.54) is 6.07 Å². The standard InChI is InChI=1S/C18H17ClF3N3O3S/c19-13-10-12(20)4-5-16(13)23-17(26)11-24-6-8-25(9-7-24)29(27,28)18-14(21)2-1-3-15(18)22/h1-5,10H,6-9,11H2,(H,23,26). The van der Waals surface area contributed by atoms with Gasteiger partial charge in [0, 0.05) is 26.2 Å². The highest BCUT2D eigenvalue weighted by molar-refractivity contribution is 7.89. The van der Waals surface area contributed by atoms with Crippen LogP contribution in [-0.2, 0) is 14.8 Å². The number of carbonyl (C=O) groups is 1. The molecule has 0 unspecified atom stereocenters. The zero-order valence-corrected chi connectivity index (χ0v) is 16.6. The Hall–Kier alpha value is -2.14.